The van der Waals surface area contributed by atoms with Crippen molar-refractivity contribution < 1.29 is 0 Å². The van der Waals surface area contributed by atoms with Crippen LogP contribution in [0.15, 0.2) is 255 Å². The van der Waals surface area contributed by atoms with Gasteiger partial charge in [0, 0.05) is 0 Å². The predicted molar refractivity (Wildman–Crippen MR) is 267 cm³/mol. The van der Waals surface area contributed by atoms with E-state index in [0.29, 0.717) is 0 Å². The zero-order valence-electron chi connectivity index (χ0n) is 34.7. The Morgan fingerprint density at radius 2 is 0.683 bits per heavy atom. The van der Waals surface area contributed by atoms with Gasteiger partial charge in [0.2, 0.25) is 0 Å². The minimum Gasteiger partial charge on any atom is -0.0622 e. The molecule has 0 heteroatoms. The number of hydrogen-bond acceptors (Lipinski definition) is 0. The van der Waals surface area contributed by atoms with E-state index in [1.54, 1.807) is 0 Å². The lowest BCUT2D eigenvalue weighted by Gasteiger charge is -2.36. The van der Waals surface area contributed by atoms with Gasteiger partial charge in [-0.15, -0.1) is 0 Å². The van der Waals surface area contributed by atoms with Crippen LogP contribution in [-0.4, -0.2) is 0 Å². The topological polar surface area (TPSA) is 0 Å². The summed E-state index contributed by atoms with van der Waals surface area (Å²) in [5, 5.41) is 7.52. The summed E-state index contributed by atoms with van der Waals surface area (Å²) in [4.78, 5) is 0. The summed E-state index contributed by atoms with van der Waals surface area (Å²) in [7, 11) is 0. The minimum atomic E-state index is -0.560. The third-order valence-corrected chi connectivity index (χ3v) is 13.3. The molecular weight excluding hydrogens is 757 g/mol. The van der Waals surface area contributed by atoms with E-state index in [9.17, 15) is 0 Å². The van der Waals surface area contributed by atoms with Crippen LogP contribution in [0, 0.1) is 0 Å². The van der Waals surface area contributed by atoms with Crippen molar-refractivity contribution in [3.8, 4) is 33.4 Å². The van der Waals surface area contributed by atoms with E-state index < -0.39 is 5.41 Å². The molecule has 0 fully saturated rings. The minimum absolute atomic E-state index is 0.560. The highest BCUT2D eigenvalue weighted by atomic mass is 14.5. The second-order valence-electron chi connectivity index (χ2n) is 16.7. The molecule has 1 aliphatic rings. The number of allylic oxidation sites excluding steroid dienone is 1. The van der Waals surface area contributed by atoms with Crippen molar-refractivity contribution in [2.24, 2.45) is 0 Å². The van der Waals surface area contributed by atoms with E-state index in [0.717, 1.165) is 0 Å². The van der Waals surface area contributed by atoms with Gasteiger partial charge in [-0.05, 0) is 128 Å². The van der Waals surface area contributed by atoms with E-state index >= 15 is 0 Å². The third-order valence-electron chi connectivity index (χ3n) is 13.3. The first-order valence-corrected chi connectivity index (χ1v) is 21.9. The maximum Gasteiger partial charge on any atom is 0.0719 e. The zero-order valence-corrected chi connectivity index (χ0v) is 34.7. The van der Waals surface area contributed by atoms with Crippen molar-refractivity contribution in [3.05, 3.63) is 288 Å². The van der Waals surface area contributed by atoms with Gasteiger partial charge in [0.05, 0.1) is 5.41 Å². The van der Waals surface area contributed by atoms with Crippen LogP contribution in [0.25, 0.3) is 76.8 Å². The summed E-state index contributed by atoms with van der Waals surface area (Å²) in [6, 6.07) is 94.2. The van der Waals surface area contributed by atoms with E-state index in [2.05, 4.69) is 255 Å². The second-order valence-corrected chi connectivity index (χ2v) is 16.7. The largest absolute Gasteiger partial charge is 0.0719 e. The van der Waals surface area contributed by atoms with Crippen LogP contribution in [0.3, 0.4) is 0 Å². The van der Waals surface area contributed by atoms with E-state index in [1.807, 2.05) is 0 Å². The van der Waals surface area contributed by atoms with Gasteiger partial charge in [0.1, 0.15) is 0 Å². The highest BCUT2D eigenvalue weighted by molar-refractivity contribution is 6.22. The van der Waals surface area contributed by atoms with Gasteiger partial charge in [0.15, 0.2) is 0 Å². The van der Waals surface area contributed by atoms with Crippen molar-refractivity contribution in [1.29, 1.82) is 0 Å². The van der Waals surface area contributed by atoms with Crippen LogP contribution in [0.1, 0.15) is 33.4 Å². The quantitative estimate of drug-likeness (QED) is 0.141. The average Bonchev–Trinajstić information content (AvgIpc) is 3.68. The van der Waals surface area contributed by atoms with Crippen molar-refractivity contribution in [3.63, 3.8) is 0 Å². The molecule has 0 atom stereocenters. The van der Waals surface area contributed by atoms with Crippen LogP contribution in [0.5, 0.6) is 0 Å². The lowest BCUT2D eigenvalue weighted by molar-refractivity contribution is 0.814. The molecule has 0 N–H and O–H groups in total. The Labute approximate surface area is 368 Å². The molecule has 0 aliphatic heterocycles. The molecule has 0 heterocycles. The molecule has 0 bridgehead atoms. The van der Waals surface area contributed by atoms with Crippen molar-refractivity contribution in [2.45, 2.75) is 5.41 Å². The van der Waals surface area contributed by atoms with Crippen LogP contribution in [-0.2, 0) is 5.41 Å². The van der Waals surface area contributed by atoms with E-state index in [4.69, 9.17) is 0 Å². The molecule has 0 aromatic heterocycles. The molecule has 0 radical (unpaired) electrons. The van der Waals surface area contributed by atoms with Crippen molar-refractivity contribution in [1.82, 2.24) is 0 Å². The number of rotatable bonds is 7. The fraction of sp³-hybridized carbons (Fsp3) is 0.0159. The molecule has 12 rings (SSSR count). The van der Waals surface area contributed by atoms with Gasteiger partial charge in [-0.1, -0.05) is 237 Å². The number of fused-ring (bicyclic) bond motifs is 4. The molecule has 0 saturated heterocycles. The molecule has 0 saturated carbocycles. The fourth-order valence-electron chi connectivity index (χ4n) is 10.7. The first-order valence-electron chi connectivity index (χ1n) is 21.9. The first-order chi connectivity index (χ1) is 31.3. The van der Waals surface area contributed by atoms with Gasteiger partial charge in [0.25, 0.3) is 0 Å². The van der Waals surface area contributed by atoms with Crippen LogP contribution in [0.2, 0.25) is 0 Å². The van der Waals surface area contributed by atoms with Gasteiger partial charge >= 0.3 is 0 Å². The van der Waals surface area contributed by atoms with Crippen LogP contribution in [0.4, 0.5) is 0 Å². The first kappa shape index (κ1) is 36.8. The van der Waals surface area contributed by atoms with Crippen LogP contribution < -0.4 is 0 Å². The molecule has 0 nitrogen and oxygen atoms in total. The van der Waals surface area contributed by atoms with Crippen molar-refractivity contribution in [2.75, 3.05) is 0 Å². The maximum absolute atomic E-state index is 2.46. The fourth-order valence-corrected chi connectivity index (χ4v) is 10.7. The molecule has 11 aromatic carbocycles. The van der Waals surface area contributed by atoms with Crippen molar-refractivity contribution >= 4 is 43.5 Å². The Bertz CT molecular complexity index is 3430. The highest BCUT2D eigenvalue weighted by Gasteiger charge is 2.48. The number of benzene rings is 11. The summed E-state index contributed by atoms with van der Waals surface area (Å²) < 4.78 is 0. The lowest BCUT2D eigenvalue weighted by atomic mass is 9.65. The smallest absolute Gasteiger partial charge is 0.0622 e. The predicted octanol–water partition coefficient (Wildman–Crippen LogP) is 16.5. The molecule has 0 unspecified atom stereocenters. The third kappa shape index (κ3) is 5.91. The second kappa shape index (κ2) is 15.1. The Morgan fingerprint density at radius 3 is 1.27 bits per heavy atom. The molecule has 0 spiro atoms. The number of hydrogen-bond donors (Lipinski definition) is 0. The lowest BCUT2D eigenvalue weighted by Crippen LogP contribution is -2.29. The van der Waals surface area contributed by atoms with Gasteiger partial charge in [-0.3, -0.25) is 0 Å². The Hall–Kier alpha value is -8.06. The van der Waals surface area contributed by atoms with E-state index in [-0.39, 0.29) is 0 Å². The maximum atomic E-state index is 2.46. The average molecular weight is 799 g/mol. The van der Waals surface area contributed by atoms with Crippen LogP contribution >= 0.6 is 0 Å². The monoisotopic (exact) mass is 798 g/mol. The molecule has 1 aliphatic carbocycles. The molecular formula is C63H42. The highest BCUT2D eigenvalue weighted by Crippen LogP contribution is 2.60. The summed E-state index contributed by atoms with van der Waals surface area (Å²) in [6.45, 7) is 0. The Balaban J connectivity index is 1.10. The van der Waals surface area contributed by atoms with Gasteiger partial charge in [-0.2, -0.15) is 0 Å². The summed E-state index contributed by atoms with van der Waals surface area (Å²) in [5.74, 6) is 0. The SMILES string of the molecule is c1ccc(C2=C(c3ccccc3)C(c3ccccc3)(c3ccccc3)c3ccc(-c4cccc(-c5c6ccccc6c(-c6ccc7ccccc7c6)c6ccccc56)c4)cc32)cc1. The normalized spacial score (nSPS) is 13.1. The summed E-state index contributed by atoms with van der Waals surface area (Å²) in [6.07, 6.45) is 0. The Kier molecular flexibility index (Phi) is 8.83. The van der Waals surface area contributed by atoms with Gasteiger partial charge < -0.3 is 0 Å². The molecule has 11 aromatic rings. The molecule has 63 heavy (non-hydrogen) atoms. The van der Waals surface area contributed by atoms with E-state index in [1.165, 1.54) is 110 Å². The summed E-state index contributed by atoms with van der Waals surface area (Å²) >= 11 is 0. The zero-order chi connectivity index (χ0) is 41.7. The standard InChI is InChI=1S/C63H42/c1-5-21-44(22-6-1)61-57-42-48(38-39-58(57)63(51-28-9-3-10-29-51,52-30-11-4-12-31-52)62(61)45-23-7-2-8-24-45)47-26-19-27-49(41-47)59-53-32-15-17-34-55(53)60(56-35-18-16-33-54(56)59)50-37-36-43-20-13-14-25-46(43)40-50/h1-42H. The Morgan fingerprint density at radius 1 is 0.254 bits per heavy atom. The van der Waals surface area contributed by atoms with Gasteiger partial charge in [-0.25, -0.2) is 0 Å². The molecule has 0 amide bonds. The molecule has 294 valence electrons. The summed E-state index contributed by atoms with van der Waals surface area (Å²) in [5.41, 5.74) is 16.8.